The van der Waals surface area contributed by atoms with Crippen LogP contribution >= 0.6 is 0 Å². The third-order valence-corrected chi connectivity index (χ3v) is 3.64. The smallest absolute Gasteiger partial charge is 0.123 e. The lowest BCUT2D eigenvalue weighted by atomic mass is 10.1. The molecule has 112 valence electrons. The Morgan fingerprint density at radius 3 is 2.60 bits per heavy atom. The number of aliphatic hydroxyl groups is 1. The number of aliphatic hydroxyl groups excluding tert-OH is 1. The minimum Gasteiger partial charge on any atom is -0.387 e. The van der Waals surface area contributed by atoms with Crippen LogP contribution < -0.4 is 0 Å². The Hall–Kier alpha value is -1.01. The molecule has 1 aromatic carbocycles. The Bertz CT molecular complexity index is 393. The van der Waals surface area contributed by atoms with Crippen LogP contribution in [0.15, 0.2) is 24.3 Å². The normalized spacial score (nSPS) is 18.4. The van der Waals surface area contributed by atoms with Crippen LogP contribution in [-0.2, 0) is 4.74 Å². The third-order valence-electron chi connectivity index (χ3n) is 3.64. The first kappa shape index (κ1) is 15.4. The number of benzene rings is 1. The van der Waals surface area contributed by atoms with Crippen LogP contribution in [0.25, 0.3) is 0 Å². The Balaban J connectivity index is 1.72. The number of likely N-dealkylation sites (N-methyl/N-ethyl adjacent to an activating group) is 1. The second-order valence-corrected chi connectivity index (χ2v) is 5.28. The van der Waals surface area contributed by atoms with Crippen molar-refractivity contribution in [3.8, 4) is 0 Å². The zero-order chi connectivity index (χ0) is 14.4. The number of rotatable bonds is 6. The van der Waals surface area contributed by atoms with Gasteiger partial charge in [-0.2, -0.15) is 0 Å². The van der Waals surface area contributed by atoms with Crippen molar-refractivity contribution >= 4 is 0 Å². The molecule has 1 aliphatic rings. The van der Waals surface area contributed by atoms with Crippen LogP contribution in [0.2, 0.25) is 0 Å². The lowest BCUT2D eigenvalue weighted by molar-refractivity contribution is 0.0320. The molecule has 4 nitrogen and oxygen atoms in total. The first-order valence-electron chi connectivity index (χ1n) is 7.07. The van der Waals surface area contributed by atoms with Crippen LogP contribution in [0, 0.1) is 5.82 Å². The molecule has 1 N–H and O–H groups in total. The molecule has 0 radical (unpaired) electrons. The number of halogens is 1. The maximum absolute atomic E-state index is 12.8. The first-order valence-corrected chi connectivity index (χ1v) is 7.07. The zero-order valence-electron chi connectivity index (χ0n) is 12.0. The van der Waals surface area contributed by atoms with E-state index in [-0.39, 0.29) is 5.82 Å². The summed E-state index contributed by atoms with van der Waals surface area (Å²) in [5, 5.41) is 10.1. The second kappa shape index (κ2) is 7.69. The van der Waals surface area contributed by atoms with Gasteiger partial charge in [-0.15, -0.1) is 0 Å². The van der Waals surface area contributed by atoms with Crippen molar-refractivity contribution in [2.45, 2.75) is 6.10 Å². The maximum atomic E-state index is 12.8. The first-order chi connectivity index (χ1) is 9.65. The molecule has 0 aliphatic carbocycles. The molecular formula is C15H23FN2O2. The quantitative estimate of drug-likeness (QED) is 0.848. The molecule has 2 rings (SSSR count). The molecule has 1 aliphatic heterocycles. The van der Waals surface area contributed by atoms with Crippen molar-refractivity contribution in [1.82, 2.24) is 9.80 Å². The van der Waals surface area contributed by atoms with Gasteiger partial charge in [-0.3, -0.25) is 4.90 Å². The summed E-state index contributed by atoms with van der Waals surface area (Å²) < 4.78 is 18.1. The molecule has 5 heteroatoms. The Labute approximate surface area is 119 Å². The van der Waals surface area contributed by atoms with Crippen molar-refractivity contribution in [3.05, 3.63) is 35.6 Å². The van der Waals surface area contributed by atoms with Gasteiger partial charge in [0.25, 0.3) is 0 Å². The Kier molecular flexibility index (Phi) is 5.91. The van der Waals surface area contributed by atoms with Gasteiger partial charge < -0.3 is 14.7 Å². The van der Waals surface area contributed by atoms with Crippen molar-refractivity contribution in [2.75, 3.05) is 53.0 Å². The predicted molar refractivity (Wildman–Crippen MR) is 76.1 cm³/mol. The van der Waals surface area contributed by atoms with Gasteiger partial charge in [0.1, 0.15) is 5.82 Å². The van der Waals surface area contributed by atoms with E-state index >= 15 is 0 Å². The highest BCUT2D eigenvalue weighted by atomic mass is 19.1. The number of morpholine rings is 1. The molecule has 0 spiro atoms. The van der Waals surface area contributed by atoms with Crippen LogP contribution in [0.3, 0.4) is 0 Å². The van der Waals surface area contributed by atoms with E-state index in [9.17, 15) is 9.50 Å². The average Bonchev–Trinajstić information content (AvgIpc) is 2.47. The highest BCUT2D eigenvalue weighted by Gasteiger charge is 2.13. The van der Waals surface area contributed by atoms with Gasteiger partial charge in [-0.25, -0.2) is 4.39 Å². The molecular weight excluding hydrogens is 259 g/mol. The van der Waals surface area contributed by atoms with Gasteiger partial charge in [-0.05, 0) is 24.7 Å². The summed E-state index contributed by atoms with van der Waals surface area (Å²) >= 11 is 0. The minimum absolute atomic E-state index is 0.276. The molecule has 0 bridgehead atoms. The van der Waals surface area contributed by atoms with Crippen molar-refractivity contribution in [3.63, 3.8) is 0 Å². The number of nitrogens with zero attached hydrogens (tertiary/aromatic N) is 2. The van der Waals surface area contributed by atoms with Crippen molar-refractivity contribution in [1.29, 1.82) is 0 Å². The van der Waals surface area contributed by atoms with E-state index in [1.807, 2.05) is 7.05 Å². The van der Waals surface area contributed by atoms with Crippen LogP contribution in [0.4, 0.5) is 4.39 Å². The van der Waals surface area contributed by atoms with E-state index in [0.717, 1.165) is 45.0 Å². The predicted octanol–water partition coefficient (Wildman–Crippen LogP) is 1.12. The molecule has 1 atom stereocenters. The van der Waals surface area contributed by atoms with E-state index in [2.05, 4.69) is 9.80 Å². The fourth-order valence-electron chi connectivity index (χ4n) is 2.31. The maximum Gasteiger partial charge on any atom is 0.123 e. The van der Waals surface area contributed by atoms with E-state index in [0.29, 0.717) is 6.54 Å². The molecule has 1 heterocycles. The van der Waals surface area contributed by atoms with Crippen LogP contribution in [0.5, 0.6) is 0 Å². The van der Waals surface area contributed by atoms with Gasteiger partial charge >= 0.3 is 0 Å². The van der Waals surface area contributed by atoms with Crippen LogP contribution in [0.1, 0.15) is 11.7 Å². The van der Waals surface area contributed by atoms with Gasteiger partial charge in [-0.1, -0.05) is 12.1 Å². The molecule has 1 saturated heterocycles. The summed E-state index contributed by atoms with van der Waals surface area (Å²) in [5.41, 5.74) is 0.754. The topological polar surface area (TPSA) is 35.9 Å². The highest BCUT2D eigenvalue weighted by molar-refractivity contribution is 5.18. The van der Waals surface area contributed by atoms with E-state index in [4.69, 9.17) is 4.74 Å². The summed E-state index contributed by atoms with van der Waals surface area (Å²) in [6, 6.07) is 6.03. The standard InChI is InChI=1S/C15H23FN2O2/c1-17(6-7-18-8-10-20-11-9-18)12-15(19)13-2-4-14(16)5-3-13/h2-5,15,19H,6-12H2,1H3. The van der Waals surface area contributed by atoms with Crippen molar-refractivity contribution < 1.29 is 14.2 Å². The van der Waals surface area contributed by atoms with Gasteiger partial charge in [0.2, 0.25) is 0 Å². The molecule has 1 aromatic rings. The van der Waals surface area contributed by atoms with Crippen molar-refractivity contribution in [2.24, 2.45) is 0 Å². The lowest BCUT2D eigenvalue weighted by Crippen LogP contribution is -2.41. The summed E-state index contributed by atoms with van der Waals surface area (Å²) in [6.07, 6.45) is -0.578. The molecule has 0 saturated carbocycles. The number of hydrogen-bond donors (Lipinski definition) is 1. The highest BCUT2D eigenvalue weighted by Crippen LogP contribution is 2.14. The minimum atomic E-state index is -0.578. The average molecular weight is 282 g/mol. The number of hydrogen-bond acceptors (Lipinski definition) is 4. The van der Waals surface area contributed by atoms with Gasteiger partial charge in [0.05, 0.1) is 19.3 Å². The Morgan fingerprint density at radius 2 is 1.95 bits per heavy atom. The summed E-state index contributed by atoms with van der Waals surface area (Å²) in [7, 11) is 1.99. The molecule has 0 aromatic heterocycles. The summed E-state index contributed by atoms with van der Waals surface area (Å²) in [5.74, 6) is -0.276. The van der Waals surface area contributed by atoms with E-state index in [1.54, 1.807) is 12.1 Å². The van der Waals surface area contributed by atoms with Gasteiger partial charge in [0.15, 0.2) is 0 Å². The lowest BCUT2D eigenvalue weighted by Gasteiger charge is -2.29. The van der Waals surface area contributed by atoms with E-state index < -0.39 is 6.10 Å². The number of ether oxygens (including phenoxy) is 1. The Morgan fingerprint density at radius 1 is 1.30 bits per heavy atom. The van der Waals surface area contributed by atoms with E-state index in [1.165, 1.54) is 12.1 Å². The molecule has 1 unspecified atom stereocenters. The van der Waals surface area contributed by atoms with Crippen LogP contribution in [-0.4, -0.2) is 67.9 Å². The zero-order valence-corrected chi connectivity index (χ0v) is 12.0. The molecule has 20 heavy (non-hydrogen) atoms. The second-order valence-electron chi connectivity index (χ2n) is 5.28. The summed E-state index contributed by atoms with van der Waals surface area (Å²) in [4.78, 5) is 4.47. The van der Waals surface area contributed by atoms with Gasteiger partial charge in [0, 0.05) is 32.7 Å². The molecule has 0 amide bonds. The summed E-state index contributed by atoms with van der Waals surface area (Å²) in [6.45, 7) is 6.01. The largest absolute Gasteiger partial charge is 0.387 e. The SMILES string of the molecule is CN(CCN1CCOCC1)CC(O)c1ccc(F)cc1. The third kappa shape index (κ3) is 4.83. The monoisotopic (exact) mass is 282 g/mol. The fourth-order valence-corrected chi connectivity index (χ4v) is 2.31. The fraction of sp³-hybridized carbons (Fsp3) is 0.600. The molecule has 1 fully saturated rings.